The fourth-order valence-electron chi connectivity index (χ4n) is 2.37. The van der Waals surface area contributed by atoms with E-state index in [1.165, 1.54) is 0 Å². The summed E-state index contributed by atoms with van der Waals surface area (Å²) in [4.78, 5) is 24.0. The van der Waals surface area contributed by atoms with Crippen LogP contribution in [0.1, 0.15) is 41.6 Å². The van der Waals surface area contributed by atoms with E-state index in [2.05, 4.69) is 10.5 Å². The molecule has 0 aliphatic carbocycles. The molecule has 0 saturated carbocycles. The molecule has 0 fully saturated rings. The summed E-state index contributed by atoms with van der Waals surface area (Å²) in [6.07, 6.45) is 0. The molecule has 0 unspecified atom stereocenters. The molecule has 1 aromatic carbocycles. The van der Waals surface area contributed by atoms with Gasteiger partial charge in [-0.2, -0.15) is 0 Å². The van der Waals surface area contributed by atoms with Crippen LogP contribution in [-0.4, -0.2) is 43.9 Å². The largest absolute Gasteiger partial charge is 0.493 e. The first-order valence-electron chi connectivity index (χ1n) is 8.59. The first kappa shape index (κ1) is 20.3. The van der Waals surface area contributed by atoms with Crippen LogP contribution in [0.5, 0.6) is 11.5 Å². The molecule has 2 rings (SSSR count). The zero-order valence-electron chi connectivity index (χ0n) is 15.9. The summed E-state index contributed by atoms with van der Waals surface area (Å²) in [7, 11) is 1.56. The van der Waals surface area contributed by atoms with Crippen molar-refractivity contribution in [2.75, 3.05) is 26.9 Å². The minimum atomic E-state index is -0.627. The van der Waals surface area contributed by atoms with Crippen LogP contribution in [0.3, 0.4) is 0 Å². The molecular formula is C19H24N2O6. The highest BCUT2D eigenvalue weighted by molar-refractivity contribution is 5.93. The molecule has 8 heteroatoms. The van der Waals surface area contributed by atoms with Gasteiger partial charge in [-0.05, 0) is 19.1 Å². The van der Waals surface area contributed by atoms with Gasteiger partial charge in [-0.25, -0.2) is 4.79 Å². The highest BCUT2D eigenvalue weighted by atomic mass is 16.5. The molecule has 2 aromatic rings. The van der Waals surface area contributed by atoms with E-state index in [-0.39, 0.29) is 24.6 Å². The standard InChI is InChI=1S/C19H24N2O6/c1-12(2)18-17(13(3)21-27-18)19(23)26-11-16(22)20-9-10-25-15-8-6-5-7-14(15)24-4/h5-8,12H,9-11H2,1-4H3,(H,20,22). The number of esters is 1. The number of carbonyl (C=O) groups is 2. The average molecular weight is 376 g/mol. The fraction of sp³-hybridized carbons (Fsp3) is 0.421. The van der Waals surface area contributed by atoms with Crippen molar-refractivity contribution in [3.05, 3.63) is 41.3 Å². The number of para-hydroxylation sites is 2. The Kier molecular flexibility index (Phi) is 7.22. The molecule has 0 radical (unpaired) electrons. The predicted molar refractivity (Wildman–Crippen MR) is 97.1 cm³/mol. The summed E-state index contributed by atoms with van der Waals surface area (Å²) in [5.41, 5.74) is 0.714. The van der Waals surface area contributed by atoms with Crippen molar-refractivity contribution in [3.8, 4) is 11.5 Å². The molecule has 8 nitrogen and oxygen atoms in total. The zero-order valence-corrected chi connectivity index (χ0v) is 15.9. The summed E-state index contributed by atoms with van der Waals surface area (Å²) in [6, 6.07) is 7.22. The van der Waals surface area contributed by atoms with E-state index in [1.807, 2.05) is 26.0 Å². The maximum absolute atomic E-state index is 12.2. The molecule has 146 valence electrons. The summed E-state index contributed by atoms with van der Waals surface area (Å²) in [5, 5.41) is 6.41. The monoisotopic (exact) mass is 376 g/mol. The van der Waals surface area contributed by atoms with Gasteiger partial charge in [0.25, 0.3) is 5.91 Å². The highest BCUT2D eigenvalue weighted by Crippen LogP contribution is 2.25. The third-order valence-electron chi connectivity index (χ3n) is 3.70. The topological polar surface area (TPSA) is 99.9 Å². The van der Waals surface area contributed by atoms with Gasteiger partial charge in [-0.1, -0.05) is 31.1 Å². The van der Waals surface area contributed by atoms with E-state index < -0.39 is 18.5 Å². The molecule has 27 heavy (non-hydrogen) atoms. The van der Waals surface area contributed by atoms with Gasteiger partial charge in [0, 0.05) is 5.92 Å². The van der Waals surface area contributed by atoms with Crippen LogP contribution in [0, 0.1) is 6.92 Å². The summed E-state index contributed by atoms with van der Waals surface area (Å²) < 4.78 is 20.9. The van der Waals surface area contributed by atoms with Gasteiger partial charge in [0.05, 0.1) is 19.3 Å². The lowest BCUT2D eigenvalue weighted by Gasteiger charge is -2.11. The van der Waals surface area contributed by atoms with Gasteiger partial charge in [0.1, 0.15) is 12.2 Å². The average Bonchev–Trinajstić information content (AvgIpc) is 3.05. The lowest BCUT2D eigenvalue weighted by molar-refractivity contribution is -0.124. The molecule has 0 spiro atoms. The van der Waals surface area contributed by atoms with Crippen LogP contribution in [0.25, 0.3) is 0 Å². The van der Waals surface area contributed by atoms with Crippen LogP contribution in [-0.2, 0) is 9.53 Å². The van der Waals surface area contributed by atoms with E-state index in [1.54, 1.807) is 26.2 Å². The van der Waals surface area contributed by atoms with Crippen molar-refractivity contribution >= 4 is 11.9 Å². The van der Waals surface area contributed by atoms with Gasteiger partial charge < -0.3 is 24.1 Å². The van der Waals surface area contributed by atoms with Gasteiger partial charge in [-0.15, -0.1) is 0 Å². The van der Waals surface area contributed by atoms with Crippen LogP contribution in [0.2, 0.25) is 0 Å². The Labute approximate surface area is 157 Å². The maximum atomic E-state index is 12.2. The Bertz CT molecular complexity index is 784. The van der Waals surface area contributed by atoms with Gasteiger partial charge >= 0.3 is 5.97 Å². The number of amides is 1. The number of methoxy groups -OCH3 is 1. The molecule has 0 aliphatic rings. The van der Waals surface area contributed by atoms with Gasteiger partial charge in [0.2, 0.25) is 0 Å². The van der Waals surface area contributed by atoms with Crippen molar-refractivity contribution in [2.45, 2.75) is 26.7 Å². The normalized spacial score (nSPS) is 10.6. The molecule has 0 saturated heterocycles. The number of rotatable bonds is 9. The Hall–Kier alpha value is -3.03. The van der Waals surface area contributed by atoms with Crippen LogP contribution >= 0.6 is 0 Å². The number of nitrogens with zero attached hydrogens (tertiary/aromatic N) is 1. The minimum absolute atomic E-state index is 0.0188. The van der Waals surface area contributed by atoms with E-state index in [0.29, 0.717) is 23.0 Å². The minimum Gasteiger partial charge on any atom is -0.493 e. The third kappa shape index (κ3) is 5.47. The number of carbonyl (C=O) groups excluding carboxylic acids is 2. The van der Waals surface area contributed by atoms with Crippen molar-refractivity contribution in [1.29, 1.82) is 0 Å². The second kappa shape index (κ2) is 9.61. The van der Waals surface area contributed by atoms with Crippen molar-refractivity contribution in [2.24, 2.45) is 0 Å². The molecular weight excluding hydrogens is 352 g/mol. The zero-order chi connectivity index (χ0) is 19.8. The second-order valence-corrected chi connectivity index (χ2v) is 6.09. The lowest BCUT2D eigenvalue weighted by atomic mass is 10.1. The van der Waals surface area contributed by atoms with Gasteiger partial charge in [0.15, 0.2) is 23.9 Å². The number of benzene rings is 1. The van der Waals surface area contributed by atoms with Crippen molar-refractivity contribution < 1.29 is 28.3 Å². The molecule has 0 atom stereocenters. The van der Waals surface area contributed by atoms with Crippen LogP contribution in [0.15, 0.2) is 28.8 Å². The van der Waals surface area contributed by atoms with E-state index >= 15 is 0 Å². The summed E-state index contributed by atoms with van der Waals surface area (Å²) in [5.74, 6) is 0.579. The quantitative estimate of drug-likeness (QED) is 0.530. The Morgan fingerprint density at radius 2 is 1.93 bits per heavy atom. The molecule has 0 bridgehead atoms. The fourth-order valence-corrected chi connectivity index (χ4v) is 2.37. The number of hydrogen-bond acceptors (Lipinski definition) is 7. The number of aryl methyl sites for hydroxylation is 1. The highest BCUT2D eigenvalue weighted by Gasteiger charge is 2.24. The molecule has 1 heterocycles. The smallest absolute Gasteiger partial charge is 0.344 e. The van der Waals surface area contributed by atoms with E-state index in [9.17, 15) is 9.59 Å². The predicted octanol–water partition coefficient (Wildman–Crippen LogP) is 2.47. The third-order valence-corrected chi connectivity index (χ3v) is 3.70. The van der Waals surface area contributed by atoms with Crippen LogP contribution < -0.4 is 14.8 Å². The van der Waals surface area contributed by atoms with E-state index in [0.717, 1.165) is 0 Å². The van der Waals surface area contributed by atoms with Gasteiger partial charge in [-0.3, -0.25) is 4.79 Å². The SMILES string of the molecule is COc1ccccc1OCCNC(=O)COC(=O)c1c(C)noc1C(C)C. The number of aromatic nitrogens is 1. The maximum Gasteiger partial charge on any atom is 0.344 e. The van der Waals surface area contributed by atoms with Crippen molar-refractivity contribution in [3.63, 3.8) is 0 Å². The summed E-state index contributed by atoms with van der Waals surface area (Å²) in [6.45, 7) is 5.54. The number of nitrogens with one attached hydrogen (secondary N) is 1. The molecule has 1 aromatic heterocycles. The Morgan fingerprint density at radius 3 is 2.59 bits per heavy atom. The lowest BCUT2D eigenvalue weighted by Crippen LogP contribution is -2.32. The van der Waals surface area contributed by atoms with Crippen LogP contribution in [0.4, 0.5) is 0 Å². The second-order valence-electron chi connectivity index (χ2n) is 6.09. The Balaban J connectivity index is 1.75. The number of hydrogen-bond donors (Lipinski definition) is 1. The molecule has 0 aliphatic heterocycles. The molecule has 1 N–H and O–H groups in total. The summed E-state index contributed by atoms with van der Waals surface area (Å²) >= 11 is 0. The number of ether oxygens (including phenoxy) is 3. The van der Waals surface area contributed by atoms with Crippen molar-refractivity contribution in [1.82, 2.24) is 10.5 Å². The first-order chi connectivity index (χ1) is 12.9. The van der Waals surface area contributed by atoms with E-state index in [4.69, 9.17) is 18.7 Å². The molecule has 1 amide bonds. The Morgan fingerprint density at radius 1 is 1.22 bits per heavy atom. The first-order valence-corrected chi connectivity index (χ1v) is 8.59.